The molecule has 0 radical (unpaired) electrons. The van der Waals surface area contributed by atoms with Gasteiger partial charge in [-0.3, -0.25) is 15.0 Å². The van der Waals surface area contributed by atoms with Crippen molar-refractivity contribution in [1.82, 2.24) is 9.66 Å². The van der Waals surface area contributed by atoms with Crippen molar-refractivity contribution in [2.75, 3.05) is 5.43 Å². The highest BCUT2D eigenvalue weighted by atomic mass is 19.1. The van der Waals surface area contributed by atoms with E-state index >= 15 is 0 Å². The van der Waals surface area contributed by atoms with Crippen LogP contribution in [-0.4, -0.2) is 15.6 Å². The smallest absolute Gasteiger partial charge is 0.286 e. The van der Waals surface area contributed by atoms with E-state index in [-0.39, 0.29) is 5.82 Å². The fourth-order valence-corrected chi connectivity index (χ4v) is 2.06. The van der Waals surface area contributed by atoms with Gasteiger partial charge in [0.05, 0.1) is 16.6 Å². The van der Waals surface area contributed by atoms with Gasteiger partial charge in [0.2, 0.25) is 5.82 Å². The Balaban J connectivity index is 2.20. The summed E-state index contributed by atoms with van der Waals surface area (Å²) in [6.07, 6.45) is 0. The zero-order valence-electron chi connectivity index (χ0n) is 11.3. The molecule has 0 fully saturated rings. The summed E-state index contributed by atoms with van der Waals surface area (Å²) < 4.78 is 13.9. The van der Waals surface area contributed by atoms with Crippen molar-refractivity contribution in [2.45, 2.75) is 0 Å². The van der Waals surface area contributed by atoms with Gasteiger partial charge in [-0.05, 0) is 36.4 Å². The maximum Gasteiger partial charge on any atom is 0.286 e. The first-order valence-electron chi connectivity index (χ1n) is 6.40. The largest absolute Gasteiger partial charge is 0.363 e. The summed E-state index contributed by atoms with van der Waals surface area (Å²) in [5, 5.41) is 0.335. The number of carbonyl (C=O) groups excluding carboxylic acids is 1. The molecule has 6 nitrogen and oxygen atoms in total. The molecule has 0 aliphatic heterocycles. The number of fused-ring (bicyclic) bond motifs is 1. The molecular weight excluding hydrogens is 287 g/mol. The van der Waals surface area contributed by atoms with Gasteiger partial charge in [-0.15, -0.1) is 0 Å². The standard InChI is InChI=1S/C15H11FN4O2/c16-9-5-7-10(8-6-9)19-20-14(13(17)21)18-12-4-2-1-3-11(12)15(20)22/h1-8,19H,(H2,17,21). The van der Waals surface area contributed by atoms with Crippen molar-refractivity contribution in [3.05, 3.63) is 70.5 Å². The molecule has 1 heterocycles. The summed E-state index contributed by atoms with van der Waals surface area (Å²) in [6.45, 7) is 0. The van der Waals surface area contributed by atoms with Crippen molar-refractivity contribution in [2.24, 2.45) is 5.73 Å². The second-order valence-corrected chi connectivity index (χ2v) is 4.58. The summed E-state index contributed by atoms with van der Waals surface area (Å²) in [6, 6.07) is 11.9. The summed E-state index contributed by atoms with van der Waals surface area (Å²) in [5.74, 6) is -1.49. The number of anilines is 1. The van der Waals surface area contributed by atoms with Gasteiger partial charge in [-0.1, -0.05) is 12.1 Å². The number of halogens is 1. The first kappa shape index (κ1) is 13.7. The maximum absolute atomic E-state index is 12.9. The summed E-state index contributed by atoms with van der Waals surface area (Å²) in [7, 11) is 0. The lowest BCUT2D eigenvalue weighted by atomic mass is 10.2. The Hall–Kier alpha value is -3.22. The third-order valence-corrected chi connectivity index (χ3v) is 3.08. The van der Waals surface area contributed by atoms with Gasteiger partial charge in [0.15, 0.2) is 0 Å². The number of rotatable bonds is 3. The van der Waals surface area contributed by atoms with Gasteiger partial charge in [0.25, 0.3) is 11.5 Å². The predicted octanol–water partition coefficient (Wildman–Crippen LogP) is 1.51. The molecule has 3 rings (SSSR count). The third-order valence-electron chi connectivity index (χ3n) is 3.08. The number of carbonyl (C=O) groups is 1. The van der Waals surface area contributed by atoms with Crippen molar-refractivity contribution in [1.29, 1.82) is 0 Å². The fourth-order valence-electron chi connectivity index (χ4n) is 2.06. The van der Waals surface area contributed by atoms with Gasteiger partial charge in [0.1, 0.15) is 5.82 Å². The predicted molar refractivity (Wildman–Crippen MR) is 79.9 cm³/mol. The van der Waals surface area contributed by atoms with E-state index in [4.69, 9.17) is 5.73 Å². The molecule has 1 aromatic heterocycles. The molecule has 0 aliphatic carbocycles. The van der Waals surface area contributed by atoms with Crippen molar-refractivity contribution >= 4 is 22.5 Å². The van der Waals surface area contributed by atoms with Crippen LogP contribution in [0.1, 0.15) is 10.6 Å². The number of benzene rings is 2. The van der Waals surface area contributed by atoms with Crippen molar-refractivity contribution in [3.63, 3.8) is 0 Å². The number of aromatic nitrogens is 2. The summed E-state index contributed by atoms with van der Waals surface area (Å²) >= 11 is 0. The van der Waals surface area contributed by atoms with E-state index in [1.165, 1.54) is 24.3 Å². The number of nitrogens with zero attached hydrogens (tertiary/aromatic N) is 2. The van der Waals surface area contributed by atoms with Crippen LogP contribution in [0.4, 0.5) is 10.1 Å². The highest BCUT2D eigenvalue weighted by molar-refractivity contribution is 5.92. The highest BCUT2D eigenvalue weighted by Gasteiger charge is 2.15. The number of amides is 1. The molecule has 7 heteroatoms. The van der Waals surface area contributed by atoms with E-state index < -0.39 is 17.3 Å². The molecule has 2 aromatic carbocycles. The number of hydrogen-bond donors (Lipinski definition) is 2. The number of para-hydroxylation sites is 1. The van der Waals surface area contributed by atoms with Gasteiger partial charge in [-0.2, -0.15) is 4.68 Å². The average Bonchev–Trinajstić information content (AvgIpc) is 2.51. The fraction of sp³-hybridized carbons (Fsp3) is 0. The van der Waals surface area contributed by atoms with Crippen LogP contribution in [0.15, 0.2) is 53.3 Å². The zero-order valence-corrected chi connectivity index (χ0v) is 11.3. The number of nitrogens with two attached hydrogens (primary N) is 1. The second kappa shape index (κ2) is 5.28. The first-order chi connectivity index (χ1) is 10.6. The zero-order chi connectivity index (χ0) is 15.7. The molecule has 0 aliphatic rings. The second-order valence-electron chi connectivity index (χ2n) is 4.58. The Bertz CT molecular complexity index is 919. The lowest BCUT2D eigenvalue weighted by Gasteiger charge is -2.13. The Morgan fingerprint density at radius 1 is 1.14 bits per heavy atom. The van der Waals surface area contributed by atoms with Gasteiger partial charge in [-0.25, -0.2) is 9.37 Å². The molecule has 0 unspecified atom stereocenters. The van der Waals surface area contributed by atoms with Crippen molar-refractivity contribution < 1.29 is 9.18 Å². The van der Waals surface area contributed by atoms with Crippen LogP contribution in [0.25, 0.3) is 10.9 Å². The maximum atomic E-state index is 12.9. The molecule has 3 aromatic rings. The SMILES string of the molecule is NC(=O)c1nc2ccccc2c(=O)n1Nc1ccc(F)cc1. The monoisotopic (exact) mass is 298 g/mol. The Morgan fingerprint density at radius 3 is 2.50 bits per heavy atom. The van der Waals surface area contributed by atoms with Gasteiger partial charge >= 0.3 is 0 Å². The first-order valence-corrected chi connectivity index (χ1v) is 6.40. The van der Waals surface area contributed by atoms with Crippen LogP contribution in [0.3, 0.4) is 0 Å². The molecule has 110 valence electrons. The van der Waals surface area contributed by atoms with Crippen molar-refractivity contribution in [3.8, 4) is 0 Å². The summed E-state index contributed by atoms with van der Waals surface area (Å²) in [4.78, 5) is 28.2. The van der Waals surface area contributed by atoms with E-state index in [0.717, 1.165) is 4.68 Å². The number of primary amides is 1. The van der Waals surface area contributed by atoms with Crippen LogP contribution in [0, 0.1) is 5.82 Å². The third kappa shape index (κ3) is 2.39. The minimum atomic E-state index is -0.850. The van der Waals surface area contributed by atoms with E-state index in [1.807, 2.05) is 0 Å². The van der Waals surface area contributed by atoms with Gasteiger partial charge in [0, 0.05) is 0 Å². The lowest BCUT2D eigenvalue weighted by Crippen LogP contribution is -2.35. The quantitative estimate of drug-likeness (QED) is 0.767. The van der Waals surface area contributed by atoms with E-state index in [2.05, 4.69) is 10.4 Å². The van der Waals surface area contributed by atoms with Gasteiger partial charge < -0.3 is 5.73 Å². The van der Waals surface area contributed by atoms with Crippen LogP contribution < -0.4 is 16.7 Å². The Labute approximate surface area is 124 Å². The average molecular weight is 298 g/mol. The number of nitrogens with one attached hydrogen (secondary N) is 1. The minimum Gasteiger partial charge on any atom is -0.363 e. The van der Waals surface area contributed by atoms with E-state index in [9.17, 15) is 14.0 Å². The molecule has 1 amide bonds. The Morgan fingerprint density at radius 2 is 1.82 bits per heavy atom. The number of hydrogen-bond acceptors (Lipinski definition) is 4. The topological polar surface area (TPSA) is 90.0 Å². The Kier molecular flexibility index (Phi) is 3.30. The molecule has 22 heavy (non-hydrogen) atoms. The highest BCUT2D eigenvalue weighted by Crippen LogP contribution is 2.11. The lowest BCUT2D eigenvalue weighted by molar-refractivity contribution is 0.0987. The molecule has 0 atom stereocenters. The summed E-state index contributed by atoms with van der Waals surface area (Å²) in [5.41, 5.74) is 8.33. The molecule has 0 spiro atoms. The molecule has 0 saturated carbocycles. The molecule has 3 N–H and O–H groups in total. The normalized spacial score (nSPS) is 10.6. The molecule has 0 bridgehead atoms. The molecular formula is C15H11FN4O2. The van der Waals surface area contributed by atoms with Crippen LogP contribution >= 0.6 is 0 Å². The van der Waals surface area contributed by atoms with E-state index in [0.29, 0.717) is 16.6 Å². The van der Waals surface area contributed by atoms with Crippen LogP contribution in [0.5, 0.6) is 0 Å². The molecule has 0 saturated heterocycles. The minimum absolute atomic E-state index is 0.229. The van der Waals surface area contributed by atoms with E-state index in [1.54, 1.807) is 24.3 Å². The van der Waals surface area contributed by atoms with Crippen LogP contribution in [-0.2, 0) is 0 Å². The van der Waals surface area contributed by atoms with Crippen LogP contribution in [0.2, 0.25) is 0 Å².